The quantitative estimate of drug-likeness (QED) is 0.321. The van der Waals surface area contributed by atoms with E-state index in [0.717, 1.165) is 82.5 Å². The Kier molecular flexibility index (Phi) is 11.9. The standard InChI is InChI=1S/C28H47N5O4/c1-21(2)37-20-19-32(16-6-5-11-24-13-12-23-10-8-15-29-26(23)30-24)18-14-25(27(34)35)31-28(36)33-17-7-4-9-22(33)3/h12-13,21-22,25H,4-11,14-20H2,1-3H3,(H,29,30)(H,31,36)(H,34,35). The molecule has 3 N–H and O–H groups in total. The number of hydrogen-bond donors (Lipinski definition) is 3. The molecule has 1 aromatic heterocycles. The van der Waals surface area contributed by atoms with Gasteiger partial charge in [0.1, 0.15) is 11.9 Å². The lowest BCUT2D eigenvalue weighted by Gasteiger charge is -2.34. The fourth-order valence-corrected chi connectivity index (χ4v) is 5.10. The molecule has 2 atom stereocenters. The zero-order valence-electron chi connectivity index (χ0n) is 23.0. The van der Waals surface area contributed by atoms with E-state index in [2.05, 4.69) is 27.7 Å². The van der Waals surface area contributed by atoms with Crippen LogP contribution in [0.5, 0.6) is 0 Å². The van der Waals surface area contributed by atoms with Crippen LogP contribution >= 0.6 is 0 Å². The Morgan fingerprint density at radius 2 is 2.05 bits per heavy atom. The van der Waals surface area contributed by atoms with Crippen LogP contribution in [0.25, 0.3) is 0 Å². The first-order valence-corrected chi connectivity index (χ1v) is 14.2. The highest BCUT2D eigenvalue weighted by Gasteiger charge is 2.27. The van der Waals surface area contributed by atoms with Crippen LogP contribution < -0.4 is 10.6 Å². The molecule has 2 amide bonds. The smallest absolute Gasteiger partial charge is 0.326 e. The number of pyridine rings is 1. The molecule has 1 fully saturated rings. The highest BCUT2D eigenvalue weighted by molar-refractivity contribution is 5.82. The molecule has 3 rings (SSSR count). The van der Waals surface area contributed by atoms with Gasteiger partial charge >= 0.3 is 12.0 Å². The summed E-state index contributed by atoms with van der Waals surface area (Å²) in [6, 6.07) is 3.32. The van der Waals surface area contributed by atoms with Gasteiger partial charge in [-0.25, -0.2) is 14.6 Å². The van der Waals surface area contributed by atoms with Crippen molar-refractivity contribution < 1.29 is 19.4 Å². The second kappa shape index (κ2) is 15.1. The van der Waals surface area contributed by atoms with Gasteiger partial charge in [0.25, 0.3) is 0 Å². The number of likely N-dealkylation sites (tertiary alicyclic amines) is 1. The van der Waals surface area contributed by atoms with E-state index >= 15 is 0 Å². The van der Waals surface area contributed by atoms with Crippen LogP contribution in [0.15, 0.2) is 12.1 Å². The van der Waals surface area contributed by atoms with Crippen molar-refractivity contribution in [1.29, 1.82) is 0 Å². The normalized spacial score (nSPS) is 18.4. The lowest BCUT2D eigenvalue weighted by atomic mass is 10.0. The number of anilines is 1. The number of aromatic nitrogens is 1. The van der Waals surface area contributed by atoms with E-state index in [-0.39, 0.29) is 18.2 Å². The average Bonchev–Trinajstić information content (AvgIpc) is 2.88. The Labute approximate surface area is 222 Å². The highest BCUT2D eigenvalue weighted by Crippen LogP contribution is 2.20. The maximum atomic E-state index is 12.8. The number of fused-ring (bicyclic) bond motifs is 1. The second-order valence-corrected chi connectivity index (χ2v) is 10.7. The SMILES string of the molecule is CC(C)OCCN(CCCCc1ccc2c(n1)NCCC2)CCC(NC(=O)N1CCCCC1C)C(=O)O. The van der Waals surface area contributed by atoms with E-state index in [0.29, 0.717) is 26.1 Å². The van der Waals surface area contributed by atoms with E-state index in [9.17, 15) is 14.7 Å². The monoisotopic (exact) mass is 517 g/mol. The van der Waals surface area contributed by atoms with E-state index in [1.54, 1.807) is 4.90 Å². The summed E-state index contributed by atoms with van der Waals surface area (Å²) in [5.74, 6) is 0.0559. The molecule has 1 saturated heterocycles. The van der Waals surface area contributed by atoms with Gasteiger partial charge in [0.15, 0.2) is 0 Å². The first kappa shape index (κ1) is 29.2. The fourth-order valence-electron chi connectivity index (χ4n) is 5.10. The largest absolute Gasteiger partial charge is 0.480 e. The molecule has 0 spiro atoms. The topological polar surface area (TPSA) is 107 Å². The summed E-state index contributed by atoms with van der Waals surface area (Å²) in [5, 5.41) is 16.0. The van der Waals surface area contributed by atoms with E-state index < -0.39 is 12.0 Å². The minimum Gasteiger partial charge on any atom is -0.480 e. The summed E-state index contributed by atoms with van der Waals surface area (Å²) in [6.07, 6.45) is 8.75. The predicted molar refractivity (Wildman–Crippen MR) is 146 cm³/mol. The van der Waals surface area contributed by atoms with Gasteiger partial charge in [0.2, 0.25) is 0 Å². The third kappa shape index (κ3) is 9.78. The minimum atomic E-state index is -0.983. The van der Waals surface area contributed by atoms with Gasteiger partial charge in [0.05, 0.1) is 12.7 Å². The summed E-state index contributed by atoms with van der Waals surface area (Å²) in [4.78, 5) is 33.5. The van der Waals surface area contributed by atoms with Crippen molar-refractivity contribution >= 4 is 17.8 Å². The third-order valence-corrected chi connectivity index (χ3v) is 7.36. The number of carboxylic acids is 1. The number of carbonyl (C=O) groups excluding carboxylic acids is 1. The lowest BCUT2D eigenvalue weighted by molar-refractivity contribution is -0.139. The molecule has 208 valence electrons. The van der Waals surface area contributed by atoms with Crippen LogP contribution in [0.2, 0.25) is 0 Å². The van der Waals surface area contributed by atoms with Crippen molar-refractivity contribution in [2.75, 3.05) is 44.6 Å². The van der Waals surface area contributed by atoms with Gasteiger partial charge in [-0.15, -0.1) is 0 Å². The zero-order valence-corrected chi connectivity index (χ0v) is 23.0. The van der Waals surface area contributed by atoms with Crippen LogP contribution in [0.1, 0.15) is 77.0 Å². The zero-order chi connectivity index (χ0) is 26.6. The molecule has 9 heteroatoms. The van der Waals surface area contributed by atoms with Crippen molar-refractivity contribution in [1.82, 2.24) is 20.1 Å². The van der Waals surface area contributed by atoms with Crippen molar-refractivity contribution in [2.45, 2.75) is 96.7 Å². The number of nitrogens with zero attached hydrogens (tertiary/aromatic N) is 3. The molecule has 2 aliphatic heterocycles. The number of carbonyl (C=O) groups is 2. The van der Waals surface area contributed by atoms with Crippen LogP contribution in [-0.4, -0.2) is 89.4 Å². The number of piperidine rings is 1. The first-order chi connectivity index (χ1) is 17.8. The molecule has 0 saturated carbocycles. The van der Waals surface area contributed by atoms with E-state index in [4.69, 9.17) is 9.72 Å². The Hall–Kier alpha value is -2.39. The summed E-state index contributed by atoms with van der Waals surface area (Å²) in [5.41, 5.74) is 2.42. The molecule has 37 heavy (non-hydrogen) atoms. The van der Waals surface area contributed by atoms with E-state index in [1.807, 2.05) is 20.8 Å². The number of aryl methyl sites for hydroxylation is 2. The maximum Gasteiger partial charge on any atom is 0.326 e. The second-order valence-electron chi connectivity index (χ2n) is 10.7. The third-order valence-electron chi connectivity index (χ3n) is 7.36. The lowest BCUT2D eigenvalue weighted by Crippen LogP contribution is -2.52. The molecule has 3 heterocycles. The Bertz CT molecular complexity index is 865. The first-order valence-electron chi connectivity index (χ1n) is 14.2. The molecule has 2 unspecified atom stereocenters. The van der Waals surface area contributed by atoms with Gasteiger partial charge in [-0.05, 0) is 96.7 Å². The molecule has 0 radical (unpaired) electrons. The molecule has 0 bridgehead atoms. The Morgan fingerprint density at radius 1 is 1.22 bits per heavy atom. The van der Waals surface area contributed by atoms with Gasteiger partial charge in [-0.2, -0.15) is 0 Å². The fraction of sp³-hybridized carbons (Fsp3) is 0.750. The molecule has 1 aromatic rings. The van der Waals surface area contributed by atoms with Crippen LogP contribution in [0.4, 0.5) is 10.6 Å². The van der Waals surface area contributed by atoms with Crippen LogP contribution in [0, 0.1) is 0 Å². The van der Waals surface area contributed by atoms with Crippen molar-refractivity contribution in [3.8, 4) is 0 Å². The maximum absolute atomic E-state index is 12.8. The number of hydrogen-bond acceptors (Lipinski definition) is 6. The number of nitrogens with one attached hydrogen (secondary N) is 2. The summed E-state index contributed by atoms with van der Waals surface area (Å²) in [7, 11) is 0. The van der Waals surface area contributed by atoms with Crippen molar-refractivity contribution in [3.63, 3.8) is 0 Å². The number of urea groups is 1. The van der Waals surface area contributed by atoms with Gasteiger partial charge in [-0.3, -0.25) is 0 Å². The number of rotatable bonds is 14. The molecule has 0 aliphatic carbocycles. The number of carboxylic acid groups (broad SMARTS) is 1. The van der Waals surface area contributed by atoms with Gasteiger partial charge in [0, 0.05) is 37.9 Å². The number of ether oxygens (including phenoxy) is 1. The Morgan fingerprint density at radius 3 is 2.81 bits per heavy atom. The number of aliphatic carboxylic acids is 1. The average molecular weight is 518 g/mol. The molecular weight excluding hydrogens is 470 g/mol. The van der Waals surface area contributed by atoms with Crippen LogP contribution in [0.3, 0.4) is 0 Å². The molecule has 0 aromatic carbocycles. The van der Waals surface area contributed by atoms with Crippen LogP contribution in [-0.2, 0) is 22.4 Å². The van der Waals surface area contributed by atoms with Crippen molar-refractivity contribution in [3.05, 3.63) is 23.4 Å². The van der Waals surface area contributed by atoms with E-state index in [1.165, 1.54) is 5.56 Å². The highest BCUT2D eigenvalue weighted by atomic mass is 16.5. The number of amides is 2. The summed E-state index contributed by atoms with van der Waals surface area (Å²) in [6.45, 7) is 10.5. The summed E-state index contributed by atoms with van der Waals surface area (Å²) >= 11 is 0. The Balaban J connectivity index is 1.48. The predicted octanol–water partition coefficient (Wildman–Crippen LogP) is 3.92. The molecule has 9 nitrogen and oxygen atoms in total. The molecular formula is C28H47N5O4. The molecule has 2 aliphatic rings. The minimum absolute atomic E-state index is 0.147. The summed E-state index contributed by atoms with van der Waals surface area (Å²) < 4.78 is 5.76. The number of unbranched alkanes of at least 4 members (excludes halogenated alkanes) is 1. The van der Waals surface area contributed by atoms with Gasteiger partial charge < -0.3 is 30.3 Å². The van der Waals surface area contributed by atoms with Gasteiger partial charge in [-0.1, -0.05) is 6.07 Å². The van der Waals surface area contributed by atoms with Crippen molar-refractivity contribution in [2.24, 2.45) is 0 Å².